The molecule has 0 atom stereocenters. The molecule has 0 bridgehead atoms. The lowest BCUT2D eigenvalue weighted by molar-refractivity contribution is -0.122. The van der Waals surface area contributed by atoms with Crippen molar-refractivity contribution in [1.82, 2.24) is 10.3 Å². The van der Waals surface area contributed by atoms with Crippen LogP contribution in [0.3, 0.4) is 0 Å². The Balaban J connectivity index is 1.34. The van der Waals surface area contributed by atoms with Gasteiger partial charge in [0.15, 0.2) is 6.61 Å². The van der Waals surface area contributed by atoms with E-state index in [9.17, 15) is 4.79 Å². The van der Waals surface area contributed by atoms with Crippen LogP contribution in [-0.4, -0.2) is 29.8 Å². The predicted molar refractivity (Wildman–Crippen MR) is 117 cm³/mol. The second kappa shape index (κ2) is 11.1. The lowest BCUT2D eigenvalue weighted by atomic mass is 10.3. The van der Waals surface area contributed by atoms with Crippen LogP contribution in [0.25, 0.3) is 0 Å². The third-order valence-electron chi connectivity index (χ3n) is 3.48. The molecule has 0 aliphatic carbocycles. The minimum atomic E-state index is -0.143. The summed E-state index contributed by atoms with van der Waals surface area (Å²) >= 11 is 6.98. The SMILES string of the molecule is O=C(COc1cccc(Oc2ccccn2)c1)NCCSCc1ccc(Br)s1. The van der Waals surface area contributed by atoms with E-state index < -0.39 is 0 Å². The lowest BCUT2D eigenvalue weighted by Gasteiger charge is -2.09. The van der Waals surface area contributed by atoms with Gasteiger partial charge in [-0.2, -0.15) is 11.8 Å². The van der Waals surface area contributed by atoms with Gasteiger partial charge in [-0.15, -0.1) is 11.3 Å². The molecule has 0 saturated heterocycles. The summed E-state index contributed by atoms with van der Waals surface area (Å²) in [5.74, 6) is 3.34. The Morgan fingerprint density at radius 2 is 2.04 bits per heavy atom. The summed E-state index contributed by atoms with van der Waals surface area (Å²) in [7, 11) is 0. The summed E-state index contributed by atoms with van der Waals surface area (Å²) in [5, 5.41) is 2.87. The number of carbonyl (C=O) groups is 1. The summed E-state index contributed by atoms with van der Waals surface area (Å²) in [4.78, 5) is 17.4. The Bertz CT molecular complexity index is 890. The molecule has 0 unspecified atom stereocenters. The summed E-state index contributed by atoms with van der Waals surface area (Å²) in [6.07, 6.45) is 1.66. The molecule has 5 nitrogen and oxygen atoms in total. The van der Waals surface area contributed by atoms with Gasteiger partial charge in [0.2, 0.25) is 5.88 Å². The highest BCUT2D eigenvalue weighted by atomic mass is 79.9. The molecule has 0 saturated carbocycles. The average Bonchev–Trinajstić information content (AvgIpc) is 3.12. The molecule has 3 rings (SSSR count). The topological polar surface area (TPSA) is 60.5 Å². The van der Waals surface area contributed by atoms with Crippen LogP contribution < -0.4 is 14.8 Å². The van der Waals surface area contributed by atoms with E-state index in [1.807, 2.05) is 24.3 Å². The van der Waals surface area contributed by atoms with Gasteiger partial charge < -0.3 is 14.8 Å². The Labute approximate surface area is 180 Å². The summed E-state index contributed by atoms with van der Waals surface area (Å²) in [5.41, 5.74) is 0. The quantitative estimate of drug-likeness (QED) is 0.409. The largest absolute Gasteiger partial charge is 0.484 e. The van der Waals surface area contributed by atoms with Crippen molar-refractivity contribution in [1.29, 1.82) is 0 Å². The van der Waals surface area contributed by atoms with E-state index >= 15 is 0 Å². The fourth-order valence-corrected chi connectivity index (χ4v) is 4.67. The number of pyridine rings is 1. The molecular formula is C20H19BrN2O3S2. The maximum absolute atomic E-state index is 11.9. The summed E-state index contributed by atoms with van der Waals surface area (Å²) < 4.78 is 12.4. The van der Waals surface area contributed by atoms with Crippen LogP contribution in [-0.2, 0) is 10.5 Å². The van der Waals surface area contributed by atoms with Gasteiger partial charge in [-0.3, -0.25) is 4.79 Å². The molecule has 1 amide bonds. The molecule has 0 radical (unpaired) electrons. The number of hydrogen-bond donors (Lipinski definition) is 1. The second-order valence-corrected chi connectivity index (χ2v) is 9.29. The number of hydrogen-bond acceptors (Lipinski definition) is 6. The van der Waals surface area contributed by atoms with E-state index in [-0.39, 0.29) is 12.5 Å². The molecule has 8 heteroatoms. The maximum Gasteiger partial charge on any atom is 0.257 e. The van der Waals surface area contributed by atoms with Crippen LogP contribution in [0.1, 0.15) is 4.88 Å². The zero-order valence-electron chi connectivity index (χ0n) is 15.0. The molecular weight excluding hydrogens is 460 g/mol. The zero-order valence-corrected chi connectivity index (χ0v) is 18.2. The average molecular weight is 479 g/mol. The molecule has 146 valence electrons. The Morgan fingerprint density at radius 1 is 1.14 bits per heavy atom. The highest BCUT2D eigenvalue weighted by molar-refractivity contribution is 9.11. The van der Waals surface area contributed by atoms with Crippen LogP contribution in [0, 0.1) is 0 Å². The van der Waals surface area contributed by atoms with Crippen molar-refractivity contribution < 1.29 is 14.3 Å². The molecule has 0 aliphatic heterocycles. The molecule has 2 aromatic heterocycles. The van der Waals surface area contributed by atoms with Gasteiger partial charge >= 0.3 is 0 Å². The first-order valence-electron chi connectivity index (χ1n) is 8.59. The zero-order chi connectivity index (χ0) is 19.6. The number of carbonyl (C=O) groups excluding carboxylic acids is 1. The van der Waals surface area contributed by atoms with E-state index in [1.54, 1.807) is 47.5 Å². The molecule has 0 fully saturated rings. The first-order chi connectivity index (χ1) is 13.7. The fourth-order valence-electron chi connectivity index (χ4n) is 2.22. The van der Waals surface area contributed by atoms with Crippen molar-refractivity contribution >= 4 is 44.9 Å². The van der Waals surface area contributed by atoms with E-state index in [0.717, 1.165) is 15.3 Å². The number of nitrogens with one attached hydrogen (secondary N) is 1. The Morgan fingerprint density at radius 3 is 2.82 bits per heavy atom. The number of nitrogens with zero attached hydrogens (tertiary/aromatic N) is 1. The number of amides is 1. The van der Waals surface area contributed by atoms with Crippen LogP contribution in [0.5, 0.6) is 17.4 Å². The Kier molecular flexibility index (Phi) is 8.20. The van der Waals surface area contributed by atoms with Gasteiger partial charge in [0.25, 0.3) is 5.91 Å². The number of benzene rings is 1. The lowest BCUT2D eigenvalue weighted by Crippen LogP contribution is -2.30. The molecule has 28 heavy (non-hydrogen) atoms. The highest BCUT2D eigenvalue weighted by Crippen LogP contribution is 2.25. The van der Waals surface area contributed by atoms with E-state index in [1.165, 1.54) is 4.88 Å². The predicted octanol–water partition coefficient (Wildman–Crippen LogP) is 5.13. The van der Waals surface area contributed by atoms with Crippen LogP contribution in [0.4, 0.5) is 0 Å². The van der Waals surface area contributed by atoms with E-state index in [2.05, 4.69) is 38.4 Å². The minimum Gasteiger partial charge on any atom is -0.484 e. The van der Waals surface area contributed by atoms with Crippen LogP contribution in [0.2, 0.25) is 0 Å². The standard InChI is InChI=1S/C20H19BrN2O3S2/c21-18-8-7-17(28-18)14-27-11-10-22-19(24)13-25-15-4-3-5-16(12-15)26-20-6-1-2-9-23-20/h1-9,12H,10-11,13-14H2,(H,22,24). The second-order valence-electron chi connectivity index (χ2n) is 5.64. The third-order valence-corrected chi connectivity index (χ3v) is 6.29. The maximum atomic E-state index is 11.9. The highest BCUT2D eigenvalue weighted by Gasteiger charge is 2.05. The van der Waals surface area contributed by atoms with Crippen molar-refractivity contribution in [3.63, 3.8) is 0 Å². The monoisotopic (exact) mass is 478 g/mol. The number of thioether (sulfide) groups is 1. The number of ether oxygens (including phenoxy) is 2. The molecule has 1 N–H and O–H groups in total. The van der Waals surface area contributed by atoms with Crippen molar-refractivity contribution in [2.75, 3.05) is 18.9 Å². The van der Waals surface area contributed by atoms with E-state index in [4.69, 9.17) is 9.47 Å². The molecule has 1 aromatic carbocycles. The van der Waals surface area contributed by atoms with Gasteiger partial charge in [-0.1, -0.05) is 12.1 Å². The van der Waals surface area contributed by atoms with Gasteiger partial charge in [-0.25, -0.2) is 4.98 Å². The van der Waals surface area contributed by atoms with Crippen LogP contribution >= 0.6 is 39.0 Å². The third kappa shape index (κ3) is 7.18. The summed E-state index contributed by atoms with van der Waals surface area (Å²) in [6.45, 7) is 0.581. The van der Waals surface area contributed by atoms with Crippen molar-refractivity contribution in [2.24, 2.45) is 0 Å². The van der Waals surface area contributed by atoms with Crippen molar-refractivity contribution in [2.45, 2.75) is 5.75 Å². The number of aromatic nitrogens is 1. The van der Waals surface area contributed by atoms with Gasteiger partial charge in [-0.05, 0) is 46.3 Å². The number of halogens is 1. The van der Waals surface area contributed by atoms with Gasteiger partial charge in [0, 0.05) is 41.3 Å². The number of thiophene rings is 1. The van der Waals surface area contributed by atoms with Crippen molar-refractivity contribution in [3.05, 3.63) is 69.5 Å². The van der Waals surface area contributed by atoms with Gasteiger partial charge in [0.05, 0.1) is 3.79 Å². The first-order valence-corrected chi connectivity index (χ1v) is 11.4. The number of rotatable bonds is 10. The molecule has 3 aromatic rings. The van der Waals surface area contributed by atoms with Crippen LogP contribution in [0.15, 0.2) is 64.6 Å². The molecule has 2 heterocycles. The minimum absolute atomic E-state index is 0.0322. The van der Waals surface area contributed by atoms with Gasteiger partial charge in [0.1, 0.15) is 11.5 Å². The first kappa shape index (κ1) is 20.7. The Hall–Kier alpha value is -2.03. The molecule has 0 spiro atoms. The normalized spacial score (nSPS) is 10.5. The summed E-state index contributed by atoms with van der Waals surface area (Å²) in [6, 6.07) is 16.8. The smallest absolute Gasteiger partial charge is 0.257 e. The van der Waals surface area contributed by atoms with Crippen molar-refractivity contribution in [3.8, 4) is 17.4 Å². The fraction of sp³-hybridized carbons (Fsp3) is 0.200. The molecule has 0 aliphatic rings. The van der Waals surface area contributed by atoms with E-state index in [0.29, 0.717) is 23.9 Å².